The highest BCUT2D eigenvalue weighted by atomic mass is 16.5. The summed E-state index contributed by atoms with van der Waals surface area (Å²) in [7, 11) is 0. The summed E-state index contributed by atoms with van der Waals surface area (Å²) in [6.07, 6.45) is 0. The third-order valence-corrected chi connectivity index (χ3v) is 5.05. The smallest absolute Gasteiger partial charge is 0.261 e. The summed E-state index contributed by atoms with van der Waals surface area (Å²) in [4.78, 5) is 24.9. The van der Waals surface area contributed by atoms with Gasteiger partial charge in [-0.2, -0.15) is 0 Å². The topological polar surface area (TPSA) is 110 Å². The van der Waals surface area contributed by atoms with E-state index in [9.17, 15) is 9.59 Å². The number of hydrogen-bond acceptors (Lipinski definition) is 5. The Morgan fingerprint density at radius 2 is 1.67 bits per heavy atom. The number of hydrogen-bond donors (Lipinski definition) is 3. The lowest BCUT2D eigenvalue weighted by atomic mass is 10.00. The molecular weight excluding hydrogens is 380 g/mol. The van der Waals surface area contributed by atoms with Crippen LogP contribution in [0, 0.1) is 13.8 Å². The molecule has 7 heteroatoms. The van der Waals surface area contributed by atoms with E-state index < -0.39 is 0 Å². The summed E-state index contributed by atoms with van der Waals surface area (Å²) in [6.45, 7) is 6.23. The van der Waals surface area contributed by atoms with E-state index in [1.54, 1.807) is 26.0 Å². The monoisotopic (exact) mass is 406 g/mol. The SMILES string of the molecule is Cc1noc(C)c1C(=O)Nc1ccc(C(C)C(=O)NCc2ccc(CN)cc2)cc1. The van der Waals surface area contributed by atoms with Crippen molar-refractivity contribution < 1.29 is 14.1 Å². The zero-order valence-electron chi connectivity index (χ0n) is 17.4. The number of nitrogens with zero attached hydrogens (tertiary/aromatic N) is 1. The number of anilines is 1. The fraction of sp³-hybridized carbons (Fsp3) is 0.261. The fourth-order valence-electron chi connectivity index (χ4n) is 3.14. The molecular formula is C23H26N4O3. The van der Waals surface area contributed by atoms with Crippen LogP contribution in [0.5, 0.6) is 0 Å². The number of aromatic nitrogens is 1. The molecule has 0 aliphatic heterocycles. The average Bonchev–Trinajstić information content (AvgIpc) is 3.10. The van der Waals surface area contributed by atoms with Gasteiger partial charge in [0.15, 0.2) is 0 Å². The predicted octanol–water partition coefficient (Wildman–Crippen LogP) is 3.42. The lowest BCUT2D eigenvalue weighted by molar-refractivity contribution is -0.122. The number of nitrogens with one attached hydrogen (secondary N) is 2. The van der Waals surface area contributed by atoms with Crippen molar-refractivity contribution in [2.45, 2.75) is 39.8 Å². The van der Waals surface area contributed by atoms with Crippen LogP contribution in [-0.4, -0.2) is 17.0 Å². The largest absolute Gasteiger partial charge is 0.361 e. The van der Waals surface area contributed by atoms with E-state index >= 15 is 0 Å². The molecule has 1 atom stereocenters. The standard InChI is InChI=1S/C23H26N4O3/c1-14(22(28)25-13-18-6-4-17(12-24)5-7-18)19-8-10-20(11-9-19)26-23(29)21-15(2)27-30-16(21)3/h4-11,14H,12-13,24H2,1-3H3,(H,25,28)(H,26,29). The maximum absolute atomic E-state index is 12.5. The summed E-state index contributed by atoms with van der Waals surface area (Å²) in [5.74, 6) is -0.180. The highest BCUT2D eigenvalue weighted by molar-refractivity contribution is 6.05. The number of carbonyl (C=O) groups excluding carboxylic acids is 2. The van der Waals surface area contributed by atoms with Gasteiger partial charge in [-0.3, -0.25) is 9.59 Å². The van der Waals surface area contributed by atoms with Gasteiger partial charge >= 0.3 is 0 Å². The molecule has 1 unspecified atom stereocenters. The normalized spacial score (nSPS) is 11.7. The number of benzene rings is 2. The van der Waals surface area contributed by atoms with Gasteiger partial charge in [-0.15, -0.1) is 0 Å². The molecule has 0 bridgehead atoms. The Morgan fingerprint density at radius 1 is 1.03 bits per heavy atom. The van der Waals surface area contributed by atoms with Crippen LogP contribution in [0.15, 0.2) is 53.1 Å². The van der Waals surface area contributed by atoms with Gasteiger partial charge < -0.3 is 20.9 Å². The van der Waals surface area contributed by atoms with E-state index in [0.717, 1.165) is 16.7 Å². The predicted molar refractivity (Wildman–Crippen MR) is 115 cm³/mol. The first kappa shape index (κ1) is 21.3. The minimum Gasteiger partial charge on any atom is -0.361 e. The molecule has 0 saturated heterocycles. The molecule has 3 aromatic rings. The van der Waals surface area contributed by atoms with Crippen LogP contribution in [0.2, 0.25) is 0 Å². The Balaban J connectivity index is 1.57. The van der Waals surface area contributed by atoms with Gasteiger partial charge in [0.1, 0.15) is 11.3 Å². The lowest BCUT2D eigenvalue weighted by Gasteiger charge is -2.14. The number of rotatable bonds is 7. The van der Waals surface area contributed by atoms with Gasteiger partial charge in [0.25, 0.3) is 5.91 Å². The van der Waals surface area contributed by atoms with E-state index in [1.807, 2.05) is 43.3 Å². The number of nitrogens with two attached hydrogens (primary N) is 1. The highest BCUT2D eigenvalue weighted by Crippen LogP contribution is 2.20. The molecule has 0 spiro atoms. The van der Waals surface area contributed by atoms with Crippen LogP contribution in [0.4, 0.5) is 5.69 Å². The Hall–Kier alpha value is -3.45. The molecule has 30 heavy (non-hydrogen) atoms. The van der Waals surface area contributed by atoms with Crippen molar-refractivity contribution in [3.63, 3.8) is 0 Å². The summed E-state index contributed by atoms with van der Waals surface area (Å²) in [5.41, 5.74) is 10.2. The van der Waals surface area contributed by atoms with Crippen molar-refractivity contribution in [2.24, 2.45) is 5.73 Å². The molecule has 0 aliphatic rings. The summed E-state index contributed by atoms with van der Waals surface area (Å²) in [6, 6.07) is 15.1. The molecule has 1 heterocycles. The summed E-state index contributed by atoms with van der Waals surface area (Å²) in [5, 5.41) is 9.58. The molecule has 0 aliphatic carbocycles. The van der Waals surface area contributed by atoms with Crippen molar-refractivity contribution in [1.82, 2.24) is 10.5 Å². The van der Waals surface area contributed by atoms with Crippen molar-refractivity contribution >= 4 is 17.5 Å². The molecule has 7 nitrogen and oxygen atoms in total. The zero-order valence-corrected chi connectivity index (χ0v) is 17.4. The van der Waals surface area contributed by atoms with E-state index in [1.165, 1.54) is 0 Å². The molecule has 0 fully saturated rings. The molecule has 3 rings (SSSR count). The zero-order chi connectivity index (χ0) is 21.7. The number of carbonyl (C=O) groups is 2. The second-order valence-electron chi connectivity index (χ2n) is 7.24. The van der Waals surface area contributed by atoms with Crippen LogP contribution in [-0.2, 0) is 17.9 Å². The van der Waals surface area contributed by atoms with Gasteiger partial charge in [-0.1, -0.05) is 41.6 Å². The summed E-state index contributed by atoms with van der Waals surface area (Å²) >= 11 is 0. The maximum atomic E-state index is 12.5. The van der Waals surface area contributed by atoms with E-state index in [4.69, 9.17) is 10.3 Å². The van der Waals surface area contributed by atoms with Crippen LogP contribution in [0.25, 0.3) is 0 Å². The van der Waals surface area contributed by atoms with Crippen LogP contribution < -0.4 is 16.4 Å². The van der Waals surface area contributed by atoms with Gasteiger partial charge in [-0.25, -0.2) is 0 Å². The molecule has 0 saturated carbocycles. The maximum Gasteiger partial charge on any atom is 0.261 e. The summed E-state index contributed by atoms with van der Waals surface area (Å²) < 4.78 is 5.04. The Kier molecular flexibility index (Phi) is 6.64. The molecule has 156 valence electrons. The van der Waals surface area contributed by atoms with E-state index in [0.29, 0.717) is 35.8 Å². The second kappa shape index (κ2) is 9.37. The van der Waals surface area contributed by atoms with Gasteiger partial charge in [-0.05, 0) is 49.6 Å². The van der Waals surface area contributed by atoms with Crippen LogP contribution in [0.1, 0.15) is 51.3 Å². The van der Waals surface area contributed by atoms with Crippen molar-refractivity contribution in [2.75, 3.05) is 5.32 Å². The van der Waals surface area contributed by atoms with E-state index in [2.05, 4.69) is 15.8 Å². The first-order chi connectivity index (χ1) is 14.4. The highest BCUT2D eigenvalue weighted by Gasteiger charge is 2.18. The third-order valence-electron chi connectivity index (χ3n) is 5.05. The third kappa shape index (κ3) is 4.93. The van der Waals surface area contributed by atoms with Crippen LogP contribution >= 0.6 is 0 Å². The Labute approximate surface area is 175 Å². The first-order valence-corrected chi connectivity index (χ1v) is 9.78. The average molecular weight is 406 g/mol. The van der Waals surface area contributed by atoms with Crippen molar-refractivity contribution in [1.29, 1.82) is 0 Å². The van der Waals surface area contributed by atoms with Gasteiger partial charge in [0.05, 0.1) is 11.6 Å². The lowest BCUT2D eigenvalue weighted by Crippen LogP contribution is -2.27. The quantitative estimate of drug-likeness (QED) is 0.557. The van der Waals surface area contributed by atoms with Crippen LogP contribution in [0.3, 0.4) is 0 Å². The Bertz CT molecular complexity index is 1000. The van der Waals surface area contributed by atoms with Gasteiger partial charge in [0.2, 0.25) is 5.91 Å². The number of amides is 2. The van der Waals surface area contributed by atoms with Crippen molar-refractivity contribution in [3.8, 4) is 0 Å². The molecule has 1 aromatic heterocycles. The molecule has 2 amide bonds. The minimum atomic E-state index is -0.319. The van der Waals surface area contributed by atoms with Gasteiger partial charge in [0, 0.05) is 18.8 Å². The first-order valence-electron chi connectivity index (χ1n) is 9.78. The molecule has 4 N–H and O–H groups in total. The molecule has 0 radical (unpaired) electrons. The Morgan fingerprint density at radius 3 is 2.23 bits per heavy atom. The second-order valence-corrected chi connectivity index (χ2v) is 7.24. The minimum absolute atomic E-state index is 0.0644. The number of aryl methyl sites for hydroxylation is 2. The van der Waals surface area contributed by atoms with E-state index in [-0.39, 0.29) is 17.7 Å². The molecule has 2 aromatic carbocycles. The van der Waals surface area contributed by atoms with Crippen molar-refractivity contribution in [3.05, 3.63) is 82.2 Å². The fourth-order valence-corrected chi connectivity index (χ4v) is 3.14.